The van der Waals surface area contributed by atoms with Crippen LogP contribution < -0.4 is 4.90 Å². The van der Waals surface area contributed by atoms with Crippen molar-refractivity contribution in [1.29, 1.82) is 0 Å². The first-order valence-electron chi connectivity index (χ1n) is 10.7. The van der Waals surface area contributed by atoms with Crippen LogP contribution in [-0.2, 0) is 26.0 Å². The predicted octanol–water partition coefficient (Wildman–Crippen LogP) is 2.27. The Morgan fingerprint density at radius 1 is 1.06 bits per heavy atom. The molecule has 2 heterocycles. The summed E-state index contributed by atoms with van der Waals surface area (Å²) in [6, 6.07) is 12.7. The van der Waals surface area contributed by atoms with Crippen molar-refractivity contribution in [3.63, 3.8) is 0 Å². The number of hydrogen-bond donors (Lipinski definition) is 0. The summed E-state index contributed by atoms with van der Waals surface area (Å²) in [6.45, 7) is 3.13. The fourth-order valence-corrected chi connectivity index (χ4v) is 5.67. The van der Waals surface area contributed by atoms with Crippen molar-refractivity contribution in [2.45, 2.75) is 24.7 Å². The van der Waals surface area contributed by atoms with Crippen LogP contribution in [0.3, 0.4) is 0 Å². The van der Waals surface area contributed by atoms with Gasteiger partial charge in [-0.15, -0.1) is 0 Å². The summed E-state index contributed by atoms with van der Waals surface area (Å²) >= 11 is 0. The van der Waals surface area contributed by atoms with Crippen molar-refractivity contribution in [2.24, 2.45) is 5.92 Å². The highest BCUT2D eigenvalue weighted by Gasteiger charge is 2.39. The molecular weight excluding hydrogens is 433 g/mol. The molecule has 2 aliphatic rings. The lowest BCUT2D eigenvalue weighted by Gasteiger charge is -2.35. The Hall–Kier alpha value is -2.78. The van der Waals surface area contributed by atoms with E-state index in [0.29, 0.717) is 6.54 Å². The second kappa shape index (κ2) is 8.99. The molecule has 4 rings (SSSR count). The molecule has 2 saturated heterocycles. The van der Waals surface area contributed by atoms with E-state index in [2.05, 4.69) is 6.92 Å². The molecule has 2 amide bonds. The van der Waals surface area contributed by atoms with E-state index in [1.54, 1.807) is 9.80 Å². The minimum atomic E-state index is -3.82. The Bertz CT molecular complexity index is 1110. The van der Waals surface area contributed by atoms with Gasteiger partial charge in [0.2, 0.25) is 21.8 Å². The molecule has 2 aliphatic heterocycles. The van der Waals surface area contributed by atoms with Gasteiger partial charge in [-0.2, -0.15) is 4.31 Å². The third-order valence-corrected chi connectivity index (χ3v) is 8.01. The van der Waals surface area contributed by atoms with Crippen LogP contribution in [0.4, 0.5) is 10.1 Å². The SMILES string of the molecule is CCc1ccc(N2C[C@@H](C(=O)N3CCN(S(=O)(=O)c4cccc(F)c4)CC3)CC2=O)cc1. The Balaban J connectivity index is 1.38. The Labute approximate surface area is 187 Å². The molecule has 32 heavy (non-hydrogen) atoms. The maximum Gasteiger partial charge on any atom is 0.243 e. The minimum Gasteiger partial charge on any atom is -0.340 e. The van der Waals surface area contributed by atoms with Gasteiger partial charge in [0.15, 0.2) is 0 Å². The van der Waals surface area contributed by atoms with Crippen LogP contribution >= 0.6 is 0 Å². The molecule has 2 aromatic rings. The number of sulfonamides is 1. The average Bonchev–Trinajstić information content (AvgIpc) is 3.20. The number of aryl methyl sites for hydroxylation is 1. The van der Waals surface area contributed by atoms with Crippen LogP contribution in [0.1, 0.15) is 18.9 Å². The standard InChI is InChI=1S/C23H26FN3O4S/c1-2-17-6-8-20(9-7-17)27-16-18(14-22(27)28)23(29)25-10-12-26(13-11-25)32(30,31)21-5-3-4-19(24)15-21/h3-9,15,18H,2,10-14,16H2,1H3/t18-/m0/s1. The maximum atomic E-state index is 13.5. The van der Waals surface area contributed by atoms with Gasteiger partial charge in [-0.3, -0.25) is 9.59 Å². The number of halogens is 1. The summed E-state index contributed by atoms with van der Waals surface area (Å²) in [5.74, 6) is -1.27. The lowest BCUT2D eigenvalue weighted by molar-refractivity contribution is -0.136. The van der Waals surface area contributed by atoms with Gasteiger partial charge in [0.1, 0.15) is 5.82 Å². The maximum absolute atomic E-state index is 13.5. The van der Waals surface area contributed by atoms with Crippen molar-refractivity contribution in [3.8, 4) is 0 Å². The number of nitrogens with zero attached hydrogens (tertiary/aromatic N) is 3. The summed E-state index contributed by atoms with van der Waals surface area (Å²) in [6.07, 6.45) is 1.06. The van der Waals surface area contributed by atoms with Gasteiger partial charge in [-0.1, -0.05) is 25.1 Å². The first kappa shape index (κ1) is 22.4. The monoisotopic (exact) mass is 459 g/mol. The number of benzene rings is 2. The zero-order valence-corrected chi connectivity index (χ0v) is 18.7. The van der Waals surface area contributed by atoms with Crippen LogP contribution in [0, 0.1) is 11.7 Å². The highest BCUT2D eigenvalue weighted by atomic mass is 32.2. The third-order valence-electron chi connectivity index (χ3n) is 6.11. The molecule has 0 unspecified atom stereocenters. The van der Waals surface area contributed by atoms with Crippen LogP contribution in [0.15, 0.2) is 53.4 Å². The summed E-state index contributed by atoms with van der Waals surface area (Å²) in [4.78, 5) is 28.7. The van der Waals surface area contributed by atoms with E-state index < -0.39 is 21.8 Å². The zero-order chi connectivity index (χ0) is 22.9. The molecule has 170 valence electrons. The highest BCUT2D eigenvalue weighted by Crippen LogP contribution is 2.27. The molecule has 0 aromatic heterocycles. The molecule has 2 aromatic carbocycles. The van der Waals surface area contributed by atoms with Crippen LogP contribution in [-0.4, -0.2) is 62.2 Å². The molecule has 1 atom stereocenters. The van der Waals surface area contributed by atoms with Gasteiger partial charge < -0.3 is 9.80 Å². The predicted molar refractivity (Wildman–Crippen MR) is 118 cm³/mol. The summed E-state index contributed by atoms with van der Waals surface area (Å²) in [7, 11) is -3.82. The summed E-state index contributed by atoms with van der Waals surface area (Å²) < 4.78 is 40.3. The molecular formula is C23H26FN3O4S. The molecule has 2 fully saturated rings. The lowest BCUT2D eigenvalue weighted by Crippen LogP contribution is -2.52. The summed E-state index contributed by atoms with van der Waals surface area (Å²) in [5.41, 5.74) is 1.97. The molecule has 9 heteroatoms. The normalized spacial score (nSPS) is 20.1. The van der Waals surface area contributed by atoms with Crippen LogP contribution in [0.25, 0.3) is 0 Å². The quantitative estimate of drug-likeness (QED) is 0.687. The van der Waals surface area contributed by atoms with E-state index >= 15 is 0 Å². The number of carbonyl (C=O) groups excluding carboxylic acids is 2. The molecule has 0 N–H and O–H groups in total. The van der Waals surface area contributed by atoms with Crippen molar-refractivity contribution in [3.05, 3.63) is 59.9 Å². The highest BCUT2D eigenvalue weighted by molar-refractivity contribution is 7.89. The number of hydrogen-bond acceptors (Lipinski definition) is 4. The smallest absolute Gasteiger partial charge is 0.243 e. The fourth-order valence-electron chi connectivity index (χ4n) is 4.22. The molecule has 0 spiro atoms. The van der Waals surface area contributed by atoms with Crippen molar-refractivity contribution < 1.29 is 22.4 Å². The van der Waals surface area contributed by atoms with E-state index in [1.807, 2.05) is 24.3 Å². The van der Waals surface area contributed by atoms with Gasteiger partial charge in [0.05, 0.1) is 10.8 Å². The van der Waals surface area contributed by atoms with Gasteiger partial charge >= 0.3 is 0 Å². The van der Waals surface area contributed by atoms with Crippen molar-refractivity contribution >= 4 is 27.5 Å². The van der Waals surface area contributed by atoms with Gasteiger partial charge in [0.25, 0.3) is 0 Å². The first-order valence-corrected chi connectivity index (χ1v) is 12.2. The number of carbonyl (C=O) groups is 2. The summed E-state index contributed by atoms with van der Waals surface area (Å²) in [5, 5.41) is 0. The topological polar surface area (TPSA) is 78.0 Å². The van der Waals surface area contributed by atoms with Gasteiger partial charge in [-0.25, -0.2) is 12.8 Å². The van der Waals surface area contributed by atoms with Crippen LogP contribution in [0.5, 0.6) is 0 Å². The van der Waals surface area contributed by atoms with Gasteiger partial charge in [0, 0.05) is 44.8 Å². The van der Waals surface area contributed by atoms with E-state index in [-0.39, 0.29) is 49.3 Å². The third kappa shape index (κ3) is 4.40. The second-order valence-corrected chi connectivity index (χ2v) is 10.1. The largest absolute Gasteiger partial charge is 0.340 e. The Morgan fingerprint density at radius 3 is 2.38 bits per heavy atom. The molecule has 0 bridgehead atoms. The van der Waals surface area contributed by atoms with E-state index in [9.17, 15) is 22.4 Å². The molecule has 7 nitrogen and oxygen atoms in total. The number of piperazine rings is 1. The first-order chi connectivity index (χ1) is 15.3. The van der Waals surface area contributed by atoms with E-state index in [4.69, 9.17) is 0 Å². The number of rotatable bonds is 5. The lowest BCUT2D eigenvalue weighted by atomic mass is 10.1. The minimum absolute atomic E-state index is 0.0834. The van der Waals surface area contributed by atoms with Crippen molar-refractivity contribution in [1.82, 2.24) is 9.21 Å². The zero-order valence-electron chi connectivity index (χ0n) is 17.9. The van der Waals surface area contributed by atoms with Gasteiger partial charge in [-0.05, 0) is 42.3 Å². The molecule has 0 saturated carbocycles. The fraction of sp³-hybridized carbons (Fsp3) is 0.391. The van der Waals surface area contributed by atoms with E-state index in [1.165, 1.54) is 28.1 Å². The average molecular weight is 460 g/mol. The van der Waals surface area contributed by atoms with Crippen LogP contribution in [0.2, 0.25) is 0 Å². The molecule has 0 aliphatic carbocycles. The number of amides is 2. The Morgan fingerprint density at radius 2 is 1.75 bits per heavy atom. The second-order valence-electron chi connectivity index (χ2n) is 8.11. The van der Waals surface area contributed by atoms with Crippen molar-refractivity contribution in [2.75, 3.05) is 37.6 Å². The van der Waals surface area contributed by atoms with E-state index in [0.717, 1.165) is 18.2 Å². The number of anilines is 1. The molecule has 0 radical (unpaired) electrons. The Kier molecular flexibility index (Phi) is 6.30.